The van der Waals surface area contributed by atoms with E-state index in [1.165, 1.54) is 6.08 Å². The molecule has 0 bridgehead atoms. The Balaban J connectivity index is 1.48. The first kappa shape index (κ1) is 24.0. The van der Waals surface area contributed by atoms with Crippen LogP contribution in [0.15, 0.2) is 90.5 Å². The second-order valence-electron chi connectivity index (χ2n) is 8.85. The van der Waals surface area contributed by atoms with Crippen LogP contribution in [0.3, 0.4) is 0 Å². The maximum absolute atomic E-state index is 13.4. The fraction of sp³-hybridized carbons (Fsp3) is 0.129. The van der Waals surface area contributed by atoms with E-state index in [-0.39, 0.29) is 5.57 Å². The highest BCUT2D eigenvalue weighted by atomic mass is 16.5. The lowest BCUT2D eigenvalue weighted by molar-refractivity contribution is -0.122. The van der Waals surface area contributed by atoms with Crippen LogP contribution < -0.4 is 15.0 Å². The van der Waals surface area contributed by atoms with Crippen LogP contribution in [0, 0.1) is 6.92 Å². The summed E-state index contributed by atoms with van der Waals surface area (Å²) in [4.78, 5) is 39.9. The Morgan fingerprint density at radius 1 is 0.865 bits per heavy atom. The third kappa shape index (κ3) is 4.61. The van der Waals surface area contributed by atoms with Gasteiger partial charge in [-0.05, 0) is 53.5 Å². The predicted octanol–water partition coefficient (Wildman–Crippen LogP) is 5.96. The summed E-state index contributed by atoms with van der Waals surface area (Å²) in [5.74, 6) is -0.880. The van der Waals surface area contributed by atoms with E-state index in [1.807, 2.05) is 50.2 Å². The van der Waals surface area contributed by atoms with Crippen molar-refractivity contribution in [3.05, 3.63) is 113 Å². The first-order valence-electron chi connectivity index (χ1n) is 12.2. The summed E-state index contributed by atoms with van der Waals surface area (Å²) in [6, 6.07) is 25.9. The minimum Gasteiger partial charge on any atom is -0.488 e. The van der Waals surface area contributed by atoms with E-state index < -0.39 is 17.8 Å². The van der Waals surface area contributed by atoms with Crippen LogP contribution in [-0.4, -0.2) is 17.8 Å². The number of benzene rings is 4. The Bertz CT molecular complexity index is 1570. The number of carbonyl (C=O) groups is 3. The van der Waals surface area contributed by atoms with Crippen molar-refractivity contribution in [1.29, 1.82) is 0 Å². The fourth-order valence-electron chi connectivity index (χ4n) is 4.58. The zero-order valence-electron chi connectivity index (χ0n) is 20.7. The molecule has 4 aromatic rings. The quantitative estimate of drug-likeness (QED) is 0.267. The highest BCUT2D eigenvalue weighted by Crippen LogP contribution is 2.29. The molecule has 0 atom stereocenters. The Labute approximate surface area is 215 Å². The van der Waals surface area contributed by atoms with Gasteiger partial charge in [-0.3, -0.25) is 14.9 Å². The van der Waals surface area contributed by atoms with Crippen LogP contribution in [0.4, 0.5) is 10.5 Å². The molecule has 1 heterocycles. The van der Waals surface area contributed by atoms with Gasteiger partial charge in [0.15, 0.2) is 0 Å². The van der Waals surface area contributed by atoms with Crippen LogP contribution in [0.5, 0.6) is 5.75 Å². The number of para-hydroxylation sites is 2. The third-order valence-electron chi connectivity index (χ3n) is 6.58. The van der Waals surface area contributed by atoms with E-state index in [4.69, 9.17) is 4.74 Å². The number of imide groups is 2. The van der Waals surface area contributed by atoms with Crippen molar-refractivity contribution in [3.8, 4) is 5.75 Å². The summed E-state index contributed by atoms with van der Waals surface area (Å²) in [7, 11) is 0. The zero-order valence-corrected chi connectivity index (χ0v) is 20.7. The molecule has 0 saturated carbocycles. The maximum atomic E-state index is 13.4. The summed E-state index contributed by atoms with van der Waals surface area (Å²) in [5.41, 5.74) is 3.90. The summed E-state index contributed by atoms with van der Waals surface area (Å²) >= 11 is 0. The Hall–Kier alpha value is -4.71. The first-order valence-corrected chi connectivity index (χ1v) is 12.2. The summed E-state index contributed by atoms with van der Waals surface area (Å²) < 4.78 is 6.23. The number of hydrogen-bond acceptors (Lipinski definition) is 4. The van der Waals surface area contributed by atoms with Gasteiger partial charge >= 0.3 is 6.03 Å². The molecule has 6 nitrogen and oxygen atoms in total. The van der Waals surface area contributed by atoms with E-state index in [1.54, 1.807) is 24.3 Å². The Morgan fingerprint density at radius 3 is 2.43 bits per heavy atom. The molecule has 0 radical (unpaired) electrons. The van der Waals surface area contributed by atoms with Gasteiger partial charge in [0.2, 0.25) is 0 Å². The lowest BCUT2D eigenvalue weighted by Crippen LogP contribution is -2.54. The van der Waals surface area contributed by atoms with Crippen molar-refractivity contribution >= 4 is 40.4 Å². The molecule has 1 saturated heterocycles. The van der Waals surface area contributed by atoms with E-state index in [0.717, 1.165) is 32.4 Å². The van der Waals surface area contributed by atoms with Crippen molar-refractivity contribution in [2.75, 3.05) is 4.90 Å². The number of nitrogens with one attached hydrogen (secondary N) is 1. The number of nitrogens with zero attached hydrogens (tertiary/aromatic N) is 1. The summed E-state index contributed by atoms with van der Waals surface area (Å²) in [6.45, 7) is 4.31. The minimum absolute atomic E-state index is 0.136. The van der Waals surface area contributed by atoms with Gasteiger partial charge in [0.25, 0.3) is 11.8 Å². The average Bonchev–Trinajstić information content (AvgIpc) is 2.91. The SMILES string of the molecule is CCc1ccccc1N1C(=O)NC(=O)/C(=C/c2ccccc2OCc2c(C)ccc3ccccc23)C1=O. The lowest BCUT2D eigenvalue weighted by atomic mass is 10.0. The molecular weight excluding hydrogens is 464 g/mol. The van der Waals surface area contributed by atoms with E-state index in [9.17, 15) is 14.4 Å². The Morgan fingerprint density at radius 2 is 1.59 bits per heavy atom. The van der Waals surface area contributed by atoms with Crippen LogP contribution in [0.25, 0.3) is 16.8 Å². The normalized spacial score (nSPS) is 14.8. The molecule has 184 valence electrons. The van der Waals surface area contributed by atoms with Crippen molar-refractivity contribution in [1.82, 2.24) is 5.32 Å². The van der Waals surface area contributed by atoms with Gasteiger partial charge in [0, 0.05) is 11.1 Å². The van der Waals surface area contributed by atoms with Crippen molar-refractivity contribution in [2.24, 2.45) is 0 Å². The smallest absolute Gasteiger partial charge is 0.335 e. The number of urea groups is 1. The van der Waals surface area contributed by atoms with Crippen LogP contribution in [0.1, 0.15) is 29.2 Å². The molecule has 0 unspecified atom stereocenters. The van der Waals surface area contributed by atoms with Gasteiger partial charge in [-0.15, -0.1) is 0 Å². The molecule has 1 N–H and O–H groups in total. The number of carbonyl (C=O) groups excluding carboxylic acids is 3. The molecule has 1 fully saturated rings. The largest absolute Gasteiger partial charge is 0.488 e. The van der Waals surface area contributed by atoms with E-state index >= 15 is 0 Å². The van der Waals surface area contributed by atoms with Gasteiger partial charge in [0.1, 0.15) is 17.9 Å². The average molecular weight is 491 g/mol. The number of ether oxygens (including phenoxy) is 1. The molecule has 0 aromatic heterocycles. The van der Waals surface area contributed by atoms with Gasteiger partial charge in [-0.1, -0.05) is 79.7 Å². The van der Waals surface area contributed by atoms with E-state index in [2.05, 4.69) is 29.6 Å². The lowest BCUT2D eigenvalue weighted by Gasteiger charge is -2.28. The summed E-state index contributed by atoms with van der Waals surface area (Å²) in [5, 5.41) is 4.55. The fourth-order valence-corrected chi connectivity index (χ4v) is 4.58. The molecule has 0 spiro atoms. The molecule has 4 amide bonds. The van der Waals surface area contributed by atoms with Crippen molar-refractivity contribution in [2.45, 2.75) is 26.9 Å². The van der Waals surface area contributed by atoms with Crippen LogP contribution >= 0.6 is 0 Å². The highest BCUT2D eigenvalue weighted by molar-refractivity contribution is 6.39. The topological polar surface area (TPSA) is 75.7 Å². The molecule has 6 heteroatoms. The van der Waals surface area contributed by atoms with Gasteiger partial charge in [-0.2, -0.15) is 0 Å². The second-order valence-corrected chi connectivity index (χ2v) is 8.85. The molecule has 4 aromatic carbocycles. The van der Waals surface area contributed by atoms with Gasteiger partial charge < -0.3 is 4.74 Å². The summed E-state index contributed by atoms with van der Waals surface area (Å²) in [6.07, 6.45) is 2.11. The number of rotatable bonds is 6. The second kappa shape index (κ2) is 10.1. The monoisotopic (exact) mass is 490 g/mol. The first-order chi connectivity index (χ1) is 18.0. The zero-order chi connectivity index (χ0) is 25.9. The van der Waals surface area contributed by atoms with Crippen molar-refractivity contribution < 1.29 is 19.1 Å². The number of hydrogen-bond donors (Lipinski definition) is 1. The molecule has 1 aliphatic rings. The minimum atomic E-state index is -0.760. The molecule has 5 rings (SSSR count). The van der Waals surface area contributed by atoms with Gasteiger partial charge in [0.05, 0.1) is 5.69 Å². The number of amides is 4. The predicted molar refractivity (Wildman–Crippen MR) is 144 cm³/mol. The third-order valence-corrected chi connectivity index (χ3v) is 6.58. The number of anilines is 1. The number of aryl methyl sites for hydroxylation is 2. The molecule has 0 aliphatic carbocycles. The molecule has 37 heavy (non-hydrogen) atoms. The van der Waals surface area contributed by atoms with Crippen molar-refractivity contribution in [3.63, 3.8) is 0 Å². The van der Waals surface area contributed by atoms with Crippen LogP contribution in [0.2, 0.25) is 0 Å². The maximum Gasteiger partial charge on any atom is 0.335 e. The van der Waals surface area contributed by atoms with Crippen LogP contribution in [-0.2, 0) is 22.6 Å². The van der Waals surface area contributed by atoms with E-state index in [0.29, 0.717) is 30.0 Å². The highest BCUT2D eigenvalue weighted by Gasteiger charge is 2.37. The van der Waals surface area contributed by atoms with Gasteiger partial charge in [-0.25, -0.2) is 9.69 Å². The number of fused-ring (bicyclic) bond motifs is 1. The Kier molecular flexibility index (Phi) is 6.56. The molecular formula is C31H26N2O4. The molecule has 1 aliphatic heterocycles. The standard InChI is InChI=1S/C31H26N2O4/c1-3-21-10-5-8-14-27(21)33-30(35)25(29(34)32-31(33)36)18-23-12-6-9-15-28(23)37-19-26-20(2)16-17-22-11-4-7-13-24(22)26/h4-18H,3,19H2,1-2H3,(H,32,34,36)/b25-18-. The number of barbiturate groups is 1.